The van der Waals surface area contributed by atoms with Gasteiger partial charge in [-0.05, 0) is 33.6 Å². The van der Waals surface area contributed by atoms with Crippen molar-refractivity contribution in [2.24, 2.45) is 0 Å². The molecule has 1 rings (SSSR count). The first-order valence-corrected chi connectivity index (χ1v) is 7.19. The molecule has 20 heavy (non-hydrogen) atoms. The molecular formula is C15H24N2O3. The number of ether oxygens (including phenoxy) is 2. The van der Waals surface area contributed by atoms with Crippen molar-refractivity contribution >= 4 is 5.97 Å². The van der Waals surface area contributed by atoms with Crippen LogP contribution in [0, 0.1) is 6.92 Å². The molecule has 0 N–H and O–H groups in total. The molecule has 5 heteroatoms. The van der Waals surface area contributed by atoms with Crippen molar-refractivity contribution < 1.29 is 14.3 Å². The molecule has 1 heterocycles. The highest BCUT2D eigenvalue weighted by Crippen LogP contribution is 2.30. The van der Waals surface area contributed by atoms with Gasteiger partial charge in [-0.25, -0.2) is 14.8 Å². The topological polar surface area (TPSA) is 61.3 Å². The fourth-order valence-corrected chi connectivity index (χ4v) is 2.21. The summed E-state index contributed by atoms with van der Waals surface area (Å²) >= 11 is 0. The van der Waals surface area contributed by atoms with E-state index >= 15 is 0 Å². The fourth-order valence-electron chi connectivity index (χ4n) is 2.21. The molecule has 0 radical (unpaired) electrons. The molecule has 0 aliphatic heterocycles. The number of carbonyl (C=O) groups is 1. The predicted molar refractivity (Wildman–Crippen MR) is 76.6 cm³/mol. The van der Waals surface area contributed by atoms with Gasteiger partial charge in [0, 0.05) is 12.8 Å². The molecule has 0 amide bonds. The number of rotatable bonds is 7. The van der Waals surface area contributed by atoms with E-state index in [-0.39, 0.29) is 5.97 Å². The van der Waals surface area contributed by atoms with Gasteiger partial charge in [0.15, 0.2) is 5.82 Å². The molecule has 5 nitrogen and oxygen atoms in total. The van der Waals surface area contributed by atoms with Crippen LogP contribution in [0.25, 0.3) is 0 Å². The standard InChI is InChI=1S/C15H24N2O3/c1-6-15(7-2,20-9-4)14-16-10-12(11(5)17-14)13(18)19-8-3/h10H,6-9H2,1-5H3. The van der Waals surface area contributed by atoms with Crippen LogP contribution in [0.3, 0.4) is 0 Å². The first-order chi connectivity index (χ1) is 9.54. The Balaban J connectivity index is 3.15. The molecule has 0 aliphatic carbocycles. The second kappa shape index (κ2) is 7.33. The average molecular weight is 280 g/mol. The van der Waals surface area contributed by atoms with Gasteiger partial charge in [0.1, 0.15) is 5.60 Å². The first kappa shape index (κ1) is 16.6. The van der Waals surface area contributed by atoms with Crippen LogP contribution >= 0.6 is 0 Å². The van der Waals surface area contributed by atoms with Crippen molar-refractivity contribution in [2.75, 3.05) is 13.2 Å². The summed E-state index contributed by atoms with van der Waals surface area (Å²) in [5.41, 5.74) is 0.555. The molecule has 0 aromatic carbocycles. The zero-order valence-corrected chi connectivity index (χ0v) is 13.0. The molecule has 0 spiro atoms. The lowest BCUT2D eigenvalue weighted by Gasteiger charge is -2.30. The van der Waals surface area contributed by atoms with Gasteiger partial charge in [-0.15, -0.1) is 0 Å². The maximum absolute atomic E-state index is 11.8. The Morgan fingerprint density at radius 3 is 2.30 bits per heavy atom. The molecule has 0 bridgehead atoms. The monoisotopic (exact) mass is 280 g/mol. The van der Waals surface area contributed by atoms with Gasteiger partial charge in [0.2, 0.25) is 0 Å². The Labute approximate surface area is 120 Å². The SMILES string of the molecule is CCOC(=O)c1cnc(C(CC)(CC)OCC)nc1C. The van der Waals surface area contributed by atoms with Gasteiger partial charge in [0.25, 0.3) is 0 Å². The average Bonchev–Trinajstić information content (AvgIpc) is 2.45. The Hall–Kier alpha value is -1.49. The zero-order valence-electron chi connectivity index (χ0n) is 13.0. The van der Waals surface area contributed by atoms with Gasteiger partial charge in [-0.3, -0.25) is 0 Å². The Morgan fingerprint density at radius 2 is 1.85 bits per heavy atom. The third-order valence-electron chi connectivity index (χ3n) is 3.45. The second-order valence-corrected chi connectivity index (χ2v) is 4.55. The van der Waals surface area contributed by atoms with Gasteiger partial charge >= 0.3 is 5.97 Å². The highest BCUT2D eigenvalue weighted by molar-refractivity contribution is 5.90. The van der Waals surface area contributed by atoms with Crippen molar-refractivity contribution in [3.05, 3.63) is 23.3 Å². The smallest absolute Gasteiger partial charge is 0.341 e. The molecule has 1 aromatic rings. The maximum atomic E-state index is 11.8. The van der Waals surface area contributed by atoms with Crippen LogP contribution in [0.1, 0.15) is 62.4 Å². The van der Waals surface area contributed by atoms with Crippen molar-refractivity contribution in [1.29, 1.82) is 0 Å². The molecule has 0 unspecified atom stereocenters. The van der Waals surface area contributed by atoms with E-state index in [4.69, 9.17) is 9.47 Å². The lowest BCUT2D eigenvalue weighted by atomic mass is 9.95. The number of aromatic nitrogens is 2. The van der Waals surface area contributed by atoms with Crippen molar-refractivity contribution in [2.45, 2.75) is 53.1 Å². The van der Waals surface area contributed by atoms with E-state index in [1.54, 1.807) is 13.8 Å². The summed E-state index contributed by atoms with van der Waals surface area (Å²) in [6, 6.07) is 0. The normalized spacial score (nSPS) is 11.4. The van der Waals surface area contributed by atoms with E-state index < -0.39 is 5.60 Å². The minimum Gasteiger partial charge on any atom is -0.462 e. The van der Waals surface area contributed by atoms with Crippen molar-refractivity contribution in [3.8, 4) is 0 Å². The van der Waals surface area contributed by atoms with Crippen LogP contribution in [0.5, 0.6) is 0 Å². The first-order valence-electron chi connectivity index (χ1n) is 7.19. The minimum atomic E-state index is -0.479. The Kier molecular flexibility index (Phi) is 6.07. The number of hydrogen-bond acceptors (Lipinski definition) is 5. The summed E-state index contributed by atoms with van der Waals surface area (Å²) in [5.74, 6) is 0.251. The highest BCUT2D eigenvalue weighted by Gasteiger charge is 2.32. The predicted octanol–water partition coefficient (Wildman–Crippen LogP) is 3.01. The maximum Gasteiger partial charge on any atom is 0.341 e. The van der Waals surface area contributed by atoms with Gasteiger partial charge < -0.3 is 9.47 Å². The third-order valence-corrected chi connectivity index (χ3v) is 3.45. The van der Waals surface area contributed by atoms with Crippen LogP contribution in [0.2, 0.25) is 0 Å². The molecule has 0 fully saturated rings. The number of nitrogens with zero attached hydrogens (tertiary/aromatic N) is 2. The highest BCUT2D eigenvalue weighted by atomic mass is 16.5. The third kappa shape index (κ3) is 3.33. The van der Waals surface area contributed by atoms with E-state index in [0.29, 0.717) is 30.3 Å². The van der Waals surface area contributed by atoms with E-state index in [9.17, 15) is 4.79 Å². The van der Waals surface area contributed by atoms with Gasteiger partial charge in [0.05, 0.1) is 17.9 Å². The summed E-state index contributed by atoms with van der Waals surface area (Å²) in [4.78, 5) is 20.6. The molecule has 1 aromatic heterocycles. The lowest BCUT2D eigenvalue weighted by Crippen LogP contribution is -2.31. The molecule has 0 atom stereocenters. The van der Waals surface area contributed by atoms with Crippen LogP contribution in [-0.4, -0.2) is 29.2 Å². The zero-order chi connectivity index (χ0) is 15.2. The number of esters is 1. The quantitative estimate of drug-likeness (QED) is 0.718. The van der Waals surface area contributed by atoms with Crippen molar-refractivity contribution in [3.63, 3.8) is 0 Å². The van der Waals surface area contributed by atoms with Gasteiger partial charge in [-0.1, -0.05) is 13.8 Å². The van der Waals surface area contributed by atoms with E-state index in [2.05, 4.69) is 23.8 Å². The van der Waals surface area contributed by atoms with E-state index in [0.717, 1.165) is 12.8 Å². The summed E-state index contributed by atoms with van der Waals surface area (Å²) in [6.07, 6.45) is 3.11. The van der Waals surface area contributed by atoms with Gasteiger partial charge in [-0.2, -0.15) is 0 Å². The summed E-state index contributed by atoms with van der Waals surface area (Å²) in [7, 11) is 0. The molecular weight excluding hydrogens is 256 g/mol. The molecule has 112 valence electrons. The number of aryl methyl sites for hydroxylation is 1. The van der Waals surface area contributed by atoms with E-state index in [1.807, 2.05) is 6.92 Å². The van der Waals surface area contributed by atoms with Crippen molar-refractivity contribution in [1.82, 2.24) is 9.97 Å². The van der Waals surface area contributed by atoms with Crippen LogP contribution < -0.4 is 0 Å². The second-order valence-electron chi connectivity index (χ2n) is 4.55. The number of carbonyl (C=O) groups excluding carboxylic acids is 1. The molecule has 0 saturated heterocycles. The summed E-state index contributed by atoms with van der Waals surface area (Å²) in [6.45, 7) is 10.6. The molecule has 0 saturated carbocycles. The van der Waals surface area contributed by atoms with Crippen LogP contribution in [0.4, 0.5) is 0 Å². The minimum absolute atomic E-state index is 0.340. The lowest BCUT2D eigenvalue weighted by molar-refractivity contribution is -0.0573. The Bertz CT molecular complexity index is 456. The van der Waals surface area contributed by atoms with E-state index in [1.165, 1.54) is 6.20 Å². The molecule has 0 aliphatic rings. The summed E-state index contributed by atoms with van der Waals surface area (Å²) in [5, 5.41) is 0. The number of hydrogen-bond donors (Lipinski definition) is 0. The van der Waals surface area contributed by atoms with Crippen LogP contribution in [-0.2, 0) is 15.1 Å². The Morgan fingerprint density at radius 1 is 1.20 bits per heavy atom. The summed E-state index contributed by atoms with van der Waals surface area (Å²) < 4.78 is 10.9. The van der Waals surface area contributed by atoms with Crippen LogP contribution in [0.15, 0.2) is 6.20 Å². The fraction of sp³-hybridized carbons (Fsp3) is 0.667. The largest absolute Gasteiger partial charge is 0.462 e.